The van der Waals surface area contributed by atoms with Gasteiger partial charge in [-0.2, -0.15) is 0 Å². The molecule has 0 aliphatic heterocycles. The third-order valence-corrected chi connectivity index (χ3v) is 3.18. The molecule has 2 rings (SSSR count). The highest BCUT2D eigenvalue weighted by Gasteiger charge is 2.16. The van der Waals surface area contributed by atoms with Crippen LogP contribution in [0.2, 0.25) is 0 Å². The van der Waals surface area contributed by atoms with Crippen LogP contribution in [0.15, 0.2) is 29.8 Å². The number of aliphatic hydroxyl groups excluding tert-OH is 1. The molecule has 17 heavy (non-hydrogen) atoms. The van der Waals surface area contributed by atoms with Crippen LogP contribution < -0.4 is 0 Å². The number of allylic oxidation sites excluding steroid dienone is 1. The Balaban J connectivity index is 2.07. The Hall–Kier alpha value is -1.22. The molecular weight excluding hydrogens is 222 g/mol. The van der Waals surface area contributed by atoms with E-state index in [1.807, 2.05) is 6.08 Å². The van der Waals surface area contributed by atoms with Gasteiger partial charge in [0, 0.05) is 12.5 Å². The summed E-state index contributed by atoms with van der Waals surface area (Å²) in [6.07, 6.45) is 5.71. The van der Waals surface area contributed by atoms with E-state index in [9.17, 15) is 13.9 Å². The van der Waals surface area contributed by atoms with Crippen LogP contribution >= 0.6 is 0 Å². The van der Waals surface area contributed by atoms with E-state index >= 15 is 0 Å². The first kappa shape index (κ1) is 12.2. The third-order valence-electron chi connectivity index (χ3n) is 3.18. The summed E-state index contributed by atoms with van der Waals surface area (Å²) in [4.78, 5) is 0. The molecule has 3 heteroatoms. The van der Waals surface area contributed by atoms with E-state index in [-0.39, 0.29) is 6.42 Å². The van der Waals surface area contributed by atoms with E-state index in [2.05, 4.69) is 0 Å². The Kier molecular flexibility index (Phi) is 3.89. The van der Waals surface area contributed by atoms with E-state index in [1.165, 1.54) is 12.1 Å². The van der Waals surface area contributed by atoms with Crippen LogP contribution in [0.5, 0.6) is 0 Å². The zero-order valence-electron chi connectivity index (χ0n) is 9.63. The lowest BCUT2D eigenvalue weighted by molar-refractivity contribution is 0.203. The minimum Gasteiger partial charge on any atom is -0.388 e. The van der Waals surface area contributed by atoms with E-state index in [0.29, 0.717) is 5.56 Å². The molecule has 1 atom stereocenters. The van der Waals surface area contributed by atoms with Crippen molar-refractivity contribution >= 4 is 0 Å². The quantitative estimate of drug-likeness (QED) is 0.800. The van der Waals surface area contributed by atoms with Crippen molar-refractivity contribution in [1.29, 1.82) is 0 Å². The van der Waals surface area contributed by atoms with Crippen molar-refractivity contribution in [3.63, 3.8) is 0 Å². The third kappa shape index (κ3) is 3.13. The van der Waals surface area contributed by atoms with Crippen molar-refractivity contribution in [3.05, 3.63) is 47.0 Å². The lowest BCUT2D eigenvalue weighted by Crippen LogP contribution is -2.16. The molecule has 1 aromatic rings. The fourth-order valence-corrected chi connectivity index (χ4v) is 2.19. The number of rotatable bonds is 3. The summed E-state index contributed by atoms with van der Waals surface area (Å²) < 4.78 is 26.1. The van der Waals surface area contributed by atoms with Gasteiger partial charge < -0.3 is 5.11 Å². The Labute approximate surface area is 99.8 Å². The molecule has 0 heterocycles. The fraction of sp³-hybridized carbons (Fsp3) is 0.429. The van der Waals surface area contributed by atoms with Crippen molar-refractivity contribution in [2.75, 3.05) is 0 Å². The normalized spacial score (nSPS) is 17.7. The van der Waals surface area contributed by atoms with Crippen molar-refractivity contribution in [2.24, 2.45) is 0 Å². The van der Waals surface area contributed by atoms with Crippen molar-refractivity contribution in [3.8, 4) is 0 Å². The van der Waals surface area contributed by atoms with E-state index in [0.717, 1.165) is 37.3 Å². The van der Waals surface area contributed by atoms with Gasteiger partial charge in [-0.3, -0.25) is 0 Å². The van der Waals surface area contributed by atoms with Gasteiger partial charge in [-0.1, -0.05) is 12.1 Å². The average molecular weight is 238 g/mol. The molecule has 1 N–H and O–H groups in total. The minimum absolute atomic E-state index is 0.220. The molecule has 1 aliphatic rings. The Morgan fingerprint density at radius 2 is 2.06 bits per heavy atom. The van der Waals surface area contributed by atoms with Crippen molar-refractivity contribution in [2.45, 2.75) is 38.2 Å². The fourth-order valence-electron chi connectivity index (χ4n) is 2.19. The largest absolute Gasteiger partial charge is 0.388 e. The molecule has 0 saturated heterocycles. The minimum atomic E-state index is -0.643. The van der Waals surface area contributed by atoms with Crippen LogP contribution in [0.1, 0.15) is 31.2 Å². The SMILES string of the molecule is OC(Cc1ccc(F)cc1F)C1=CCCCC1. The predicted molar refractivity (Wildman–Crippen MR) is 62.6 cm³/mol. The van der Waals surface area contributed by atoms with Crippen LogP contribution in [-0.4, -0.2) is 11.2 Å². The maximum atomic E-state index is 13.4. The van der Waals surface area contributed by atoms with Crippen LogP contribution in [0.4, 0.5) is 8.78 Å². The maximum Gasteiger partial charge on any atom is 0.129 e. The standard InChI is InChI=1S/C14H16F2O/c15-12-7-6-11(13(16)9-12)8-14(17)10-4-2-1-3-5-10/h4,6-7,9,14,17H,1-3,5,8H2. The molecule has 0 bridgehead atoms. The van der Waals surface area contributed by atoms with Gasteiger partial charge in [-0.25, -0.2) is 8.78 Å². The molecule has 0 amide bonds. The Morgan fingerprint density at radius 1 is 1.24 bits per heavy atom. The first-order valence-corrected chi connectivity index (χ1v) is 5.98. The molecule has 1 aliphatic carbocycles. The molecule has 0 aromatic heterocycles. The average Bonchev–Trinajstić information content (AvgIpc) is 2.34. The number of benzene rings is 1. The molecule has 0 radical (unpaired) electrons. The Morgan fingerprint density at radius 3 is 2.71 bits per heavy atom. The summed E-state index contributed by atoms with van der Waals surface area (Å²) in [5.41, 5.74) is 1.35. The van der Waals surface area contributed by atoms with Crippen LogP contribution in [-0.2, 0) is 6.42 Å². The van der Waals surface area contributed by atoms with E-state index in [1.54, 1.807) is 0 Å². The highest BCUT2D eigenvalue weighted by molar-refractivity contribution is 5.22. The van der Waals surface area contributed by atoms with Crippen LogP contribution in [0.3, 0.4) is 0 Å². The molecule has 92 valence electrons. The van der Waals surface area contributed by atoms with Crippen molar-refractivity contribution < 1.29 is 13.9 Å². The second-order valence-electron chi connectivity index (χ2n) is 4.48. The lowest BCUT2D eigenvalue weighted by Gasteiger charge is -2.18. The van der Waals surface area contributed by atoms with Gasteiger partial charge in [-0.15, -0.1) is 0 Å². The summed E-state index contributed by atoms with van der Waals surface area (Å²) >= 11 is 0. The zero-order chi connectivity index (χ0) is 12.3. The summed E-state index contributed by atoms with van der Waals surface area (Å²) in [6.45, 7) is 0. The number of halogens is 2. The first-order chi connectivity index (χ1) is 8.16. The molecule has 0 fully saturated rings. The van der Waals surface area contributed by atoms with Gasteiger partial charge in [0.05, 0.1) is 6.10 Å². The molecule has 0 spiro atoms. The van der Waals surface area contributed by atoms with Crippen LogP contribution in [0.25, 0.3) is 0 Å². The second-order valence-corrected chi connectivity index (χ2v) is 4.48. The van der Waals surface area contributed by atoms with Gasteiger partial charge in [0.15, 0.2) is 0 Å². The van der Waals surface area contributed by atoms with Crippen LogP contribution in [0, 0.1) is 11.6 Å². The first-order valence-electron chi connectivity index (χ1n) is 5.98. The van der Waals surface area contributed by atoms with Gasteiger partial charge in [-0.05, 0) is 42.9 Å². The summed E-state index contributed by atoms with van der Waals surface area (Å²) in [5, 5.41) is 9.99. The Bertz CT molecular complexity index is 426. The summed E-state index contributed by atoms with van der Waals surface area (Å²) in [6, 6.07) is 3.48. The second kappa shape index (κ2) is 5.41. The highest BCUT2D eigenvalue weighted by atomic mass is 19.1. The zero-order valence-corrected chi connectivity index (χ0v) is 9.63. The number of hydrogen-bond donors (Lipinski definition) is 1. The maximum absolute atomic E-state index is 13.4. The lowest BCUT2D eigenvalue weighted by atomic mass is 9.92. The molecule has 0 saturated carbocycles. The molecule has 1 unspecified atom stereocenters. The van der Waals surface area contributed by atoms with Crippen molar-refractivity contribution in [1.82, 2.24) is 0 Å². The number of aliphatic hydroxyl groups is 1. The van der Waals surface area contributed by atoms with Gasteiger partial charge in [0.1, 0.15) is 11.6 Å². The summed E-state index contributed by atoms with van der Waals surface area (Å²) in [5.74, 6) is -1.17. The topological polar surface area (TPSA) is 20.2 Å². The van der Waals surface area contributed by atoms with Gasteiger partial charge in [0.25, 0.3) is 0 Å². The monoisotopic (exact) mass is 238 g/mol. The summed E-state index contributed by atoms with van der Waals surface area (Å²) in [7, 11) is 0. The van der Waals surface area contributed by atoms with Gasteiger partial charge in [0.2, 0.25) is 0 Å². The van der Waals surface area contributed by atoms with E-state index in [4.69, 9.17) is 0 Å². The molecule has 1 nitrogen and oxygen atoms in total. The van der Waals surface area contributed by atoms with Gasteiger partial charge >= 0.3 is 0 Å². The van der Waals surface area contributed by atoms with E-state index < -0.39 is 17.7 Å². The number of hydrogen-bond acceptors (Lipinski definition) is 1. The smallest absolute Gasteiger partial charge is 0.129 e. The molecular formula is C14H16F2O. The highest BCUT2D eigenvalue weighted by Crippen LogP contribution is 2.23. The molecule has 1 aromatic carbocycles. The predicted octanol–water partition coefficient (Wildman–Crippen LogP) is 3.37.